The van der Waals surface area contributed by atoms with Gasteiger partial charge in [0.05, 0.1) is 13.2 Å². The van der Waals surface area contributed by atoms with Gasteiger partial charge in [0.1, 0.15) is 5.82 Å². The lowest BCUT2D eigenvalue weighted by Gasteiger charge is -2.27. The molecule has 2 aliphatic rings. The summed E-state index contributed by atoms with van der Waals surface area (Å²) < 4.78 is 5.35. The van der Waals surface area contributed by atoms with Crippen LogP contribution in [0.5, 0.6) is 0 Å². The summed E-state index contributed by atoms with van der Waals surface area (Å²) >= 11 is 0. The molecule has 1 atom stereocenters. The summed E-state index contributed by atoms with van der Waals surface area (Å²) in [6.07, 6.45) is 5.80. The van der Waals surface area contributed by atoms with Crippen molar-refractivity contribution in [1.82, 2.24) is 15.6 Å². The molecule has 1 amide bonds. The molecule has 2 saturated heterocycles. The highest BCUT2D eigenvalue weighted by molar-refractivity contribution is 5.75. The highest BCUT2D eigenvalue weighted by Gasteiger charge is 2.15. The maximum atomic E-state index is 11.9. The summed E-state index contributed by atoms with van der Waals surface area (Å²) in [6.45, 7) is 4.93. The molecule has 6 heteroatoms. The number of nitrogens with one attached hydrogen (secondary N) is 2. The molecule has 2 N–H and O–H groups in total. The largest absolute Gasteiger partial charge is 0.378 e. The van der Waals surface area contributed by atoms with Crippen molar-refractivity contribution in [2.24, 2.45) is 0 Å². The Bertz CT molecular complexity index is 494. The summed E-state index contributed by atoms with van der Waals surface area (Å²) in [6, 6.07) is 4.58. The molecule has 23 heavy (non-hydrogen) atoms. The van der Waals surface area contributed by atoms with E-state index in [9.17, 15) is 4.79 Å². The number of morpholine rings is 1. The Hall–Kier alpha value is -1.66. The van der Waals surface area contributed by atoms with Gasteiger partial charge in [0.2, 0.25) is 5.91 Å². The molecule has 2 fully saturated rings. The van der Waals surface area contributed by atoms with Gasteiger partial charge in [0.15, 0.2) is 0 Å². The van der Waals surface area contributed by atoms with Crippen LogP contribution >= 0.6 is 0 Å². The predicted molar refractivity (Wildman–Crippen MR) is 89.4 cm³/mol. The maximum absolute atomic E-state index is 11.9. The highest BCUT2D eigenvalue weighted by atomic mass is 16.5. The molecule has 126 valence electrons. The third-order valence-corrected chi connectivity index (χ3v) is 4.52. The number of amides is 1. The van der Waals surface area contributed by atoms with E-state index in [1.54, 1.807) is 0 Å². The molecule has 0 aliphatic carbocycles. The van der Waals surface area contributed by atoms with Crippen LogP contribution in [-0.4, -0.2) is 49.8 Å². The molecule has 3 heterocycles. The topological polar surface area (TPSA) is 66.5 Å². The second-order valence-corrected chi connectivity index (χ2v) is 6.23. The molecule has 6 nitrogen and oxygen atoms in total. The van der Waals surface area contributed by atoms with E-state index in [-0.39, 0.29) is 5.91 Å². The van der Waals surface area contributed by atoms with Crippen molar-refractivity contribution in [2.75, 3.05) is 37.7 Å². The second-order valence-electron chi connectivity index (χ2n) is 6.23. The minimum absolute atomic E-state index is 0.121. The predicted octanol–water partition coefficient (Wildman–Crippen LogP) is 1.07. The Balaban J connectivity index is 1.40. The van der Waals surface area contributed by atoms with Crippen LogP contribution in [0.1, 0.15) is 31.2 Å². The van der Waals surface area contributed by atoms with E-state index in [0.29, 0.717) is 19.0 Å². The fraction of sp³-hybridized carbons (Fsp3) is 0.647. The van der Waals surface area contributed by atoms with E-state index in [2.05, 4.69) is 20.5 Å². The third kappa shape index (κ3) is 4.91. The fourth-order valence-corrected chi connectivity index (χ4v) is 3.10. The van der Waals surface area contributed by atoms with Crippen molar-refractivity contribution in [3.63, 3.8) is 0 Å². The minimum atomic E-state index is 0.121. The Labute approximate surface area is 137 Å². The van der Waals surface area contributed by atoms with Crippen molar-refractivity contribution in [2.45, 2.75) is 38.3 Å². The normalized spacial score (nSPS) is 21.4. The van der Waals surface area contributed by atoms with Gasteiger partial charge in [-0.3, -0.25) is 4.79 Å². The maximum Gasteiger partial charge on any atom is 0.220 e. The Morgan fingerprint density at radius 3 is 2.96 bits per heavy atom. The number of pyridine rings is 1. The first-order valence-corrected chi connectivity index (χ1v) is 8.59. The number of hydrogen-bond acceptors (Lipinski definition) is 5. The zero-order chi connectivity index (χ0) is 15.9. The molecule has 0 saturated carbocycles. The van der Waals surface area contributed by atoms with Crippen LogP contribution in [0.25, 0.3) is 0 Å². The van der Waals surface area contributed by atoms with E-state index in [1.165, 1.54) is 12.8 Å². The summed E-state index contributed by atoms with van der Waals surface area (Å²) in [5.74, 6) is 1.10. The molecule has 0 aromatic carbocycles. The van der Waals surface area contributed by atoms with Gasteiger partial charge in [-0.2, -0.15) is 0 Å². The van der Waals surface area contributed by atoms with E-state index < -0.39 is 0 Å². The van der Waals surface area contributed by atoms with Gasteiger partial charge in [-0.05, 0) is 37.4 Å². The van der Waals surface area contributed by atoms with E-state index >= 15 is 0 Å². The average Bonchev–Trinajstić information content (AvgIpc) is 3.13. The SMILES string of the molecule is O=C(CCC1CCCN1)NCc1ccc(N2CCOCC2)nc1. The molecule has 1 aromatic rings. The number of carbonyl (C=O) groups is 1. The van der Waals surface area contributed by atoms with Crippen LogP contribution in [-0.2, 0) is 16.1 Å². The molecule has 1 aromatic heterocycles. The quantitative estimate of drug-likeness (QED) is 0.821. The molecule has 0 radical (unpaired) electrons. The van der Waals surface area contributed by atoms with Crippen LogP contribution in [0.2, 0.25) is 0 Å². The molecule has 0 bridgehead atoms. The highest BCUT2D eigenvalue weighted by Crippen LogP contribution is 2.13. The van der Waals surface area contributed by atoms with Crippen molar-refractivity contribution >= 4 is 11.7 Å². The van der Waals surface area contributed by atoms with E-state index in [0.717, 1.165) is 50.7 Å². The molecule has 0 spiro atoms. The molecule has 2 aliphatic heterocycles. The zero-order valence-electron chi connectivity index (χ0n) is 13.6. The number of aromatic nitrogens is 1. The van der Waals surface area contributed by atoms with E-state index in [1.807, 2.05) is 18.3 Å². The Morgan fingerprint density at radius 2 is 2.26 bits per heavy atom. The van der Waals surface area contributed by atoms with Crippen LogP contribution in [0, 0.1) is 0 Å². The number of hydrogen-bond donors (Lipinski definition) is 2. The lowest BCUT2D eigenvalue weighted by molar-refractivity contribution is -0.121. The summed E-state index contributed by atoms with van der Waals surface area (Å²) in [7, 11) is 0. The van der Waals surface area contributed by atoms with Gasteiger partial charge in [-0.15, -0.1) is 0 Å². The van der Waals surface area contributed by atoms with Crippen LogP contribution in [0.3, 0.4) is 0 Å². The number of carbonyl (C=O) groups excluding carboxylic acids is 1. The average molecular weight is 318 g/mol. The third-order valence-electron chi connectivity index (χ3n) is 4.52. The Morgan fingerprint density at radius 1 is 1.39 bits per heavy atom. The number of nitrogens with zero attached hydrogens (tertiary/aromatic N) is 2. The Kier molecular flexibility index (Phi) is 5.82. The first-order chi connectivity index (χ1) is 11.3. The van der Waals surface area contributed by atoms with Gasteiger partial charge in [-0.25, -0.2) is 4.98 Å². The van der Waals surface area contributed by atoms with Crippen LogP contribution in [0.4, 0.5) is 5.82 Å². The van der Waals surface area contributed by atoms with Crippen molar-refractivity contribution in [3.05, 3.63) is 23.9 Å². The van der Waals surface area contributed by atoms with Crippen LogP contribution in [0.15, 0.2) is 18.3 Å². The summed E-state index contributed by atoms with van der Waals surface area (Å²) in [5, 5.41) is 6.40. The fourth-order valence-electron chi connectivity index (χ4n) is 3.10. The standard InChI is InChI=1S/C17H26N4O2/c22-17(6-4-15-2-1-7-18-15)20-13-14-3-5-16(19-12-14)21-8-10-23-11-9-21/h3,5,12,15,18H,1-2,4,6-11,13H2,(H,20,22). The summed E-state index contributed by atoms with van der Waals surface area (Å²) in [5.41, 5.74) is 1.04. The smallest absolute Gasteiger partial charge is 0.220 e. The minimum Gasteiger partial charge on any atom is -0.378 e. The van der Waals surface area contributed by atoms with Gasteiger partial charge in [0.25, 0.3) is 0 Å². The molecule has 1 unspecified atom stereocenters. The molecular weight excluding hydrogens is 292 g/mol. The number of ether oxygens (including phenoxy) is 1. The lowest BCUT2D eigenvalue weighted by atomic mass is 10.1. The van der Waals surface area contributed by atoms with Gasteiger partial charge in [0, 0.05) is 38.3 Å². The molecular formula is C17H26N4O2. The number of rotatable bonds is 6. The first kappa shape index (κ1) is 16.2. The van der Waals surface area contributed by atoms with Gasteiger partial charge >= 0.3 is 0 Å². The molecule has 3 rings (SSSR count). The zero-order valence-corrected chi connectivity index (χ0v) is 13.6. The van der Waals surface area contributed by atoms with E-state index in [4.69, 9.17) is 4.74 Å². The summed E-state index contributed by atoms with van der Waals surface area (Å²) in [4.78, 5) is 18.6. The lowest BCUT2D eigenvalue weighted by Crippen LogP contribution is -2.36. The second kappa shape index (κ2) is 8.26. The van der Waals surface area contributed by atoms with Gasteiger partial charge in [-0.1, -0.05) is 6.07 Å². The van der Waals surface area contributed by atoms with Crippen molar-refractivity contribution < 1.29 is 9.53 Å². The van der Waals surface area contributed by atoms with Crippen LogP contribution < -0.4 is 15.5 Å². The van der Waals surface area contributed by atoms with Crippen molar-refractivity contribution in [1.29, 1.82) is 0 Å². The number of anilines is 1. The van der Waals surface area contributed by atoms with Crippen molar-refractivity contribution in [3.8, 4) is 0 Å². The monoisotopic (exact) mass is 318 g/mol. The van der Waals surface area contributed by atoms with Gasteiger partial charge < -0.3 is 20.3 Å². The first-order valence-electron chi connectivity index (χ1n) is 8.59.